The number of rotatable bonds is 7. The number of benzene rings is 2. The van der Waals surface area contributed by atoms with E-state index in [0.29, 0.717) is 35.2 Å². The van der Waals surface area contributed by atoms with Crippen LogP contribution < -0.4 is 9.62 Å². The summed E-state index contributed by atoms with van der Waals surface area (Å²) in [6, 6.07) is 12.4. The molecule has 134 valence electrons. The number of halogens is 2. The smallest absolute Gasteiger partial charge is 0.261 e. The summed E-state index contributed by atoms with van der Waals surface area (Å²) >= 11 is 9.98. The van der Waals surface area contributed by atoms with Crippen molar-refractivity contribution in [1.82, 2.24) is 5.32 Å². The highest BCUT2D eigenvalue weighted by Gasteiger charge is 2.14. The molecule has 0 fully saturated rings. The zero-order valence-electron chi connectivity index (χ0n) is 13.5. The second kappa shape index (κ2) is 9.20. The summed E-state index contributed by atoms with van der Waals surface area (Å²) in [6.07, 6.45) is 0.472. The van der Waals surface area contributed by atoms with Crippen LogP contribution in [0.2, 0.25) is 10.0 Å². The number of hydrogen-bond donors (Lipinski definition) is 2. The van der Waals surface area contributed by atoms with Gasteiger partial charge in [-0.05, 0) is 35.7 Å². The van der Waals surface area contributed by atoms with E-state index in [1.165, 1.54) is 11.2 Å². The van der Waals surface area contributed by atoms with Gasteiger partial charge < -0.3 is 5.32 Å². The van der Waals surface area contributed by atoms with Gasteiger partial charge in [0.05, 0.1) is 15.7 Å². The minimum absolute atomic E-state index is 0.111. The summed E-state index contributed by atoms with van der Waals surface area (Å²) in [7, 11) is 0. The van der Waals surface area contributed by atoms with E-state index >= 15 is 0 Å². The predicted molar refractivity (Wildman–Crippen MR) is 102 cm³/mol. The molecule has 0 aromatic heterocycles. The summed E-state index contributed by atoms with van der Waals surface area (Å²) in [5, 5.41) is 3.62. The molecule has 0 aliphatic heterocycles. The first kappa shape index (κ1) is 19.7. The molecule has 0 aliphatic carbocycles. The lowest BCUT2D eigenvalue weighted by Gasteiger charge is -2.20. The number of nitrogens with one attached hydrogen (secondary N) is 1. The number of amides is 1. The minimum Gasteiger partial charge on any atom is -0.352 e. The maximum atomic E-state index is 11.7. The molecule has 5 nitrogen and oxygen atoms in total. The van der Waals surface area contributed by atoms with E-state index in [9.17, 15) is 13.6 Å². The minimum atomic E-state index is -2.17. The summed E-state index contributed by atoms with van der Waals surface area (Å²) in [5.41, 5.74) is 2.32. The van der Waals surface area contributed by atoms with Crippen LogP contribution in [0.4, 0.5) is 5.69 Å². The molecule has 2 aromatic rings. The van der Waals surface area contributed by atoms with E-state index in [-0.39, 0.29) is 5.91 Å². The lowest BCUT2D eigenvalue weighted by atomic mass is 10.1. The van der Waals surface area contributed by atoms with Gasteiger partial charge in [-0.1, -0.05) is 47.5 Å². The summed E-state index contributed by atoms with van der Waals surface area (Å²) in [4.78, 5) is 10.9. The van der Waals surface area contributed by atoms with Gasteiger partial charge in [0.2, 0.25) is 5.91 Å². The van der Waals surface area contributed by atoms with Crippen molar-refractivity contribution >= 4 is 46.1 Å². The van der Waals surface area contributed by atoms with Crippen molar-refractivity contribution < 1.29 is 13.6 Å². The highest BCUT2D eigenvalue weighted by atomic mass is 35.5. The molecule has 2 N–H and O–H groups in total. The number of carbonyl (C=O) groups excluding carboxylic acids is 1. The van der Waals surface area contributed by atoms with Crippen molar-refractivity contribution in [1.29, 1.82) is 0 Å². The molecule has 0 saturated carbocycles. The Bertz CT molecular complexity index is 769. The standard InChI is InChI=1S/C17H18Cl2N2O3S/c1-12(22)20-11-13-5-7-15(8-6-13)21(25(23)24)10-9-14-3-2-4-16(18)17(14)19/h2-8H,9-11H2,1H3,(H,20,22)(H,23,24). The van der Waals surface area contributed by atoms with E-state index in [2.05, 4.69) is 5.32 Å². The highest BCUT2D eigenvalue weighted by molar-refractivity contribution is 7.80. The number of hydrogen-bond acceptors (Lipinski definition) is 2. The van der Waals surface area contributed by atoms with Crippen molar-refractivity contribution in [2.75, 3.05) is 10.8 Å². The van der Waals surface area contributed by atoms with Crippen LogP contribution in [0.5, 0.6) is 0 Å². The Morgan fingerprint density at radius 3 is 2.48 bits per heavy atom. The molecule has 2 aromatic carbocycles. The van der Waals surface area contributed by atoms with Crippen LogP contribution in [0.3, 0.4) is 0 Å². The maximum Gasteiger partial charge on any atom is 0.261 e. The van der Waals surface area contributed by atoms with Crippen LogP contribution in [0, 0.1) is 0 Å². The van der Waals surface area contributed by atoms with Crippen LogP contribution in [0.1, 0.15) is 18.1 Å². The third-order valence-electron chi connectivity index (χ3n) is 3.57. The van der Waals surface area contributed by atoms with Crippen molar-refractivity contribution in [3.63, 3.8) is 0 Å². The van der Waals surface area contributed by atoms with E-state index in [1.807, 2.05) is 6.07 Å². The normalized spacial score (nSPS) is 11.8. The van der Waals surface area contributed by atoms with Gasteiger partial charge in [-0.2, -0.15) is 0 Å². The van der Waals surface area contributed by atoms with Crippen molar-refractivity contribution in [2.24, 2.45) is 0 Å². The number of nitrogens with zero attached hydrogens (tertiary/aromatic N) is 1. The molecule has 0 radical (unpaired) electrons. The number of carbonyl (C=O) groups is 1. The first-order valence-electron chi connectivity index (χ1n) is 7.53. The van der Waals surface area contributed by atoms with Crippen LogP contribution in [0.25, 0.3) is 0 Å². The lowest BCUT2D eigenvalue weighted by Crippen LogP contribution is -2.27. The van der Waals surface area contributed by atoms with E-state index in [4.69, 9.17) is 23.2 Å². The largest absolute Gasteiger partial charge is 0.352 e. The SMILES string of the molecule is CC(=O)NCc1ccc(N(CCc2cccc(Cl)c2Cl)S(=O)O)cc1. The maximum absolute atomic E-state index is 11.7. The number of anilines is 1. The molecular weight excluding hydrogens is 383 g/mol. The fourth-order valence-electron chi connectivity index (χ4n) is 2.27. The monoisotopic (exact) mass is 400 g/mol. The molecule has 0 spiro atoms. The summed E-state index contributed by atoms with van der Waals surface area (Å²) in [5.74, 6) is -0.111. The Kier molecular flexibility index (Phi) is 7.25. The second-order valence-electron chi connectivity index (χ2n) is 5.37. The molecule has 1 amide bonds. The Hall–Kier alpha value is -1.60. The average molecular weight is 401 g/mol. The quantitative estimate of drug-likeness (QED) is 0.694. The fourth-order valence-corrected chi connectivity index (χ4v) is 3.23. The van der Waals surface area contributed by atoms with Gasteiger partial charge in [0, 0.05) is 20.0 Å². The lowest BCUT2D eigenvalue weighted by molar-refractivity contribution is -0.119. The first-order valence-corrected chi connectivity index (χ1v) is 9.35. The molecule has 2 rings (SSSR count). The third-order valence-corrected chi connectivity index (χ3v) is 5.20. The topological polar surface area (TPSA) is 69.6 Å². The van der Waals surface area contributed by atoms with Crippen LogP contribution >= 0.6 is 23.2 Å². The van der Waals surface area contributed by atoms with Gasteiger partial charge in [-0.15, -0.1) is 0 Å². The Morgan fingerprint density at radius 2 is 1.88 bits per heavy atom. The van der Waals surface area contributed by atoms with Crippen LogP contribution in [0.15, 0.2) is 42.5 Å². The molecule has 0 heterocycles. The summed E-state index contributed by atoms with van der Waals surface area (Å²) < 4.78 is 22.6. The molecule has 8 heteroatoms. The fraction of sp³-hybridized carbons (Fsp3) is 0.235. The van der Waals surface area contributed by atoms with Gasteiger partial charge in [0.25, 0.3) is 11.3 Å². The van der Waals surface area contributed by atoms with E-state index in [1.54, 1.807) is 36.4 Å². The second-order valence-corrected chi connectivity index (χ2v) is 7.06. The molecule has 1 atom stereocenters. The van der Waals surface area contributed by atoms with Gasteiger partial charge in [-0.25, -0.2) is 4.21 Å². The van der Waals surface area contributed by atoms with E-state index < -0.39 is 11.3 Å². The zero-order chi connectivity index (χ0) is 18.4. The third kappa shape index (κ3) is 5.71. The Morgan fingerprint density at radius 1 is 1.20 bits per heavy atom. The zero-order valence-corrected chi connectivity index (χ0v) is 15.9. The Labute approximate surface area is 159 Å². The molecule has 1 unspecified atom stereocenters. The van der Waals surface area contributed by atoms with Crippen LogP contribution in [-0.2, 0) is 29.0 Å². The molecular formula is C17H18Cl2N2O3S. The van der Waals surface area contributed by atoms with Crippen LogP contribution in [-0.4, -0.2) is 21.2 Å². The first-order chi connectivity index (χ1) is 11.9. The summed E-state index contributed by atoms with van der Waals surface area (Å²) in [6.45, 7) is 2.16. The van der Waals surface area contributed by atoms with Gasteiger partial charge in [-0.3, -0.25) is 13.7 Å². The van der Waals surface area contributed by atoms with Gasteiger partial charge in [0.1, 0.15) is 0 Å². The molecule has 25 heavy (non-hydrogen) atoms. The highest BCUT2D eigenvalue weighted by Crippen LogP contribution is 2.26. The average Bonchev–Trinajstić information content (AvgIpc) is 2.57. The molecule has 0 aliphatic rings. The Balaban J connectivity index is 2.08. The van der Waals surface area contributed by atoms with Crippen molar-refractivity contribution in [2.45, 2.75) is 19.9 Å². The van der Waals surface area contributed by atoms with Gasteiger partial charge >= 0.3 is 0 Å². The van der Waals surface area contributed by atoms with Crippen molar-refractivity contribution in [3.05, 3.63) is 63.6 Å². The molecule has 0 bridgehead atoms. The van der Waals surface area contributed by atoms with E-state index in [0.717, 1.165) is 11.1 Å². The van der Waals surface area contributed by atoms with Crippen molar-refractivity contribution in [3.8, 4) is 0 Å². The molecule has 0 saturated heterocycles. The predicted octanol–water partition coefficient (Wildman–Crippen LogP) is 3.82. The van der Waals surface area contributed by atoms with Gasteiger partial charge in [0.15, 0.2) is 0 Å².